The van der Waals surface area contributed by atoms with Crippen LogP contribution in [0.4, 0.5) is 10.5 Å². The Kier molecular flexibility index (Phi) is 10.2. The first-order valence-corrected chi connectivity index (χ1v) is 18.7. The zero-order valence-electron chi connectivity index (χ0n) is 31.6. The molecular weight excluding hydrogens is 677 g/mol. The number of methoxy groups -OCH3 is 1. The molecule has 2 aromatic carbocycles. The minimum absolute atomic E-state index is 0.119. The summed E-state index contributed by atoms with van der Waals surface area (Å²) in [5.41, 5.74) is 5.05. The third-order valence-corrected chi connectivity index (χ3v) is 10.2. The van der Waals surface area contributed by atoms with Gasteiger partial charge in [-0.05, 0) is 110 Å². The maximum Gasteiger partial charge on any atom is 0.412 e. The predicted molar refractivity (Wildman–Crippen MR) is 206 cm³/mol. The Bertz CT molecular complexity index is 2180. The minimum Gasteiger partial charge on any atom is -0.465 e. The molecule has 0 atom stereocenters. The normalized spacial score (nSPS) is 14.1. The summed E-state index contributed by atoms with van der Waals surface area (Å²) >= 11 is 1.59. The van der Waals surface area contributed by atoms with Gasteiger partial charge in [0, 0.05) is 16.3 Å². The number of ether oxygens (including phenoxy) is 3. The van der Waals surface area contributed by atoms with Crippen LogP contribution in [-0.4, -0.2) is 50.9 Å². The van der Waals surface area contributed by atoms with E-state index in [1.165, 1.54) is 7.11 Å². The van der Waals surface area contributed by atoms with Crippen LogP contribution < -0.4 is 5.32 Å². The third-order valence-electron chi connectivity index (χ3n) is 9.10. The number of carbonyl (C=O) groups excluding carboxylic acids is 3. The lowest BCUT2D eigenvalue weighted by molar-refractivity contribution is -0.155. The van der Waals surface area contributed by atoms with Gasteiger partial charge in [-0.2, -0.15) is 0 Å². The number of aryl methyl sites for hydroxylation is 2. The van der Waals surface area contributed by atoms with Crippen LogP contribution >= 0.6 is 11.3 Å². The number of nitrogens with one attached hydrogen (secondary N) is 1. The molecule has 1 saturated carbocycles. The van der Waals surface area contributed by atoms with Gasteiger partial charge in [0.1, 0.15) is 17.7 Å². The van der Waals surface area contributed by atoms with Gasteiger partial charge in [0.25, 0.3) is 0 Å². The molecule has 0 saturated heterocycles. The molecule has 0 radical (unpaired) electrons. The van der Waals surface area contributed by atoms with Crippen LogP contribution in [0.2, 0.25) is 0 Å². The van der Waals surface area contributed by atoms with Crippen molar-refractivity contribution in [3.8, 4) is 21.8 Å². The second kappa shape index (κ2) is 14.3. The molecule has 274 valence electrons. The van der Waals surface area contributed by atoms with Gasteiger partial charge in [-0.25, -0.2) is 19.6 Å². The van der Waals surface area contributed by atoms with Gasteiger partial charge in [0.2, 0.25) is 0 Å². The van der Waals surface area contributed by atoms with Crippen LogP contribution in [0.15, 0.2) is 42.5 Å². The summed E-state index contributed by atoms with van der Waals surface area (Å²) in [5, 5.41) is 5.80. The van der Waals surface area contributed by atoms with E-state index in [-0.39, 0.29) is 12.5 Å². The van der Waals surface area contributed by atoms with Crippen molar-refractivity contribution in [1.82, 2.24) is 14.5 Å². The van der Waals surface area contributed by atoms with Crippen molar-refractivity contribution in [1.29, 1.82) is 0 Å². The lowest BCUT2D eigenvalue weighted by atomic mass is 9.81. The van der Waals surface area contributed by atoms with E-state index in [1.807, 2.05) is 90.3 Å². The first-order chi connectivity index (χ1) is 24.5. The fourth-order valence-corrected chi connectivity index (χ4v) is 8.05. The van der Waals surface area contributed by atoms with Gasteiger partial charge in [-0.15, -0.1) is 11.3 Å². The monoisotopic (exact) mass is 724 g/mol. The Balaban J connectivity index is 1.66. The smallest absolute Gasteiger partial charge is 0.412 e. The van der Waals surface area contributed by atoms with Crippen molar-refractivity contribution in [2.45, 2.75) is 111 Å². The number of aromatic nitrogens is 3. The average molecular weight is 725 g/mol. The van der Waals surface area contributed by atoms with Gasteiger partial charge in [0.05, 0.1) is 56.4 Å². The number of amides is 1. The summed E-state index contributed by atoms with van der Waals surface area (Å²) in [6, 6.07) is 13.4. The topological polar surface area (TPSA) is 122 Å². The highest BCUT2D eigenvalue weighted by molar-refractivity contribution is 7.15. The molecule has 10 nitrogen and oxygen atoms in total. The fourth-order valence-electron chi connectivity index (χ4n) is 7.16. The van der Waals surface area contributed by atoms with E-state index in [2.05, 4.69) is 10.3 Å². The highest BCUT2D eigenvalue weighted by Gasteiger charge is 2.31. The first-order valence-electron chi connectivity index (χ1n) is 17.9. The van der Waals surface area contributed by atoms with E-state index >= 15 is 0 Å². The molecule has 11 heteroatoms. The highest BCUT2D eigenvalue weighted by Crippen LogP contribution is 2.47. The summed E-state index contributed by atoms with van der Waals surface area (Å²) < 4.78 is 18.7. The van der Waals surface area contributed by atoms with Crippen molar-refractivity contribution in [3.05, 3.63) is 64.3 Å². The number of hydrogen-bond acceptors (Lipinski definition) is 9. The molecule has 5 aromatic rings. The number of hydrogen-bond donors (Lipinski definition) is 1. The summed E-state index contributed by atoms with van der Waals surface area (Å²) in [6.45, 7) is 14.8. The van der Waals surface area contributed by atoms with Crippen LogP contribution in [0.5, 0.6) is 0 Å². The van der Waals surface area contributed by atoms with Crippen LogP contribution in [-0.2, 0) is 25.5 Å². The number of pyridine rings is 1. The number of fused-ring (bicyclic) bond motifs is 2. The van der Waals surface area contributed by atoms with E-state index in [9.17, 15) is 14.4 Å². The molecule has 3 aromatic heterocycles. The summed E-state index contributed by atoms with van der Waals surface area (Å²) in [7, 11) is 1.35. The number of carbonyl (C=O) groups is 3. The van der Waals surface area contributed by atoms with E-state index in [4.69, 9.17) is 19.2 Å². The van der Waals surface area contributed by atoms with E-state index < -0.39 is 29.2 Å². The third kappa shape index (κ3) is 7.99. The number of anilines is 1. The molecule has 1 aliphatic carbocycles. The first kappa shape index (κ1) is 37.0. The van der Waals surface area contributed by atoms with Gasteiger partial charge in [-0.3, -0.25) is 10.1 Å². The lowest BCUT2D eigenvalue weighted by Gasteiger charge is -2.25. The van der Waals surface area contributed by atoms with Crippen LogP contribution in [0.25, 0.3) is 43.6 Å². The van der Waals surface area contributed by atoms with Gasteiger partial charge >= 0.3 is 18.0 Å². The maximum absolute atomic E-state index is 13.7. The van der Waals surface area contributed by atoms with Gasteiger partial charge < -0.3 is 18.8 Å². The quantitative estimate of drug-likeness (QED) is 0.130. The lowest BCUT2D eigenvalue weighted by Crippen LogP contribution is -2.28. The molecule has 52 heavy (non-hydrogen) atoms. The molecule has 1 fully saturated rings. The molecule has 1 amide bonds. The summed E-state index contributed by atoms with van der Waals surface area (Å²) in [5.74, 6) is -0.717. The molecule has 0 bridgehead atoms. The fraction of sp³-hybridized carbons (Fsp3) is 0.439. The largest absolute Gasteiger partial charge is 0.465 e. The molecule has 1 N–H and O–H groups in total. The molecule has 6 rings (SSSR count). The number of rotatable bonds is 7. The highest BCUT2D eigenvalue weighted by atomic mass is 32.1. The average Bonchev–Trinajstić information content (AvgIpc) is 3.57. The Labute approximate surface area is 308 Å². The van der Waals surface area contributed by atoms with E-state index in [1.54, 1.807) is 23.5 Å². The van der Waals surface area contributed by atoms with Crippen molar-refractivity contribution >= 4 is 56.9 Å². The van der Waals surface area contributed by atoms with Gasteiger partial charge in [0.15, 0.2) is 0 Å². The molecular formula is C41H48N4O6S. The van der Waals surface area contributed by atoms with Crippen LogP contribution in [0.3, 0.4) is 0 Å². The second-order valence-electron chi connectivity index (χ2n) is 15.6. The molecule has 0 aliphatic heterocycles. The zero-order valence-corrected chi connectivity index (χ0v) is 32.4. The molecule has 3 heterocycles. The summed E-state index contributed by atoms with van der Waals surface area (Å²) in [6.07, 6.45) is 4.64. The molecule has 0 unspecified atom stereocenters. The van der Waals surface area contributed by atoms with Crippen molar-refractivity contribution in [2.75, 3.05) is 12.4 Å². The second-order valence-corrected chi connectivity index (χ2v) is 16.8. The molecule has 1 aliphatic rings. The SMILES string of the molecule is COC(=O)c1ccc2c(C3CCCCC3)c(-c3cc4ccc(-c5sc(C)nc5C)nc4cc3NC(=O)OC(C)(C)C)n(CC(=O)OC(C)(C)C)c2c1. The van der Waals surface area contributed by atoms with Crippen molar-refractivity contribution in [3.63, 3.8) is 0 Å². The number of benzene rings is 2. The Morgan fingerprint density at radius 3 is 2.25 bits per heavy atom. The minimum atomic E-state index is -0.739. The molecule has 0 spiro atoms. The van der Waals surface area contributed by atoms with E-state index in [0.29, 0.717) is 27.8 Å². The zero-order chi connectivity index (χ0) is 37.5. The maximum atomic E-state index is 13.7. The van der Waals surface area contributed by atoms with E-state index in [0.717, 1.165) is 75.4 Å². The Hall–Kier alpha value is -4.77. The van der Waals surface area contributed by atoms with Gasteiger partial charge in [-0.1, -0.05) is 31.4 Å². The van der Waals surface area contributed by atoms with Crippen LogP contribution in [0, 0.1) is 13.8 Å². The predicted octanol–water partition coefficient (Wildman–Crippen LogP) is 10.1. The standard InChI is InChI=1S/C41H48N4O6S/c1-23-37(52-24(2)42-23)30-18-16-26-19-29(32(21-31(26)43-30)44-39(48)51-41(6,7)8)36-35(25-13-11-10-12-14-25)28-17-15-27(38(47)49-9)20-33(28)45(36)22-34(46)50-40(3,4)5/h15-21,25H,10-14,22H2,1-9H3,(H,44,48). The summed E-state index contributed by atoms with van der Waals surface area (Å²) in [4.78, 5) is 50.7. The Morgan fingerprint density at radius 1 is 0.904 bits per heavy atom. The number of thiazole rings is 1. The van der Waals surface area contributed by atoms with Crippen molar-refractivity contribution in [2.24, 2.45) is 0 Å². The van der Waals surface area contributed by atoms with Crippen LogP contribution in [0.1, 0.15) is 106 Å². The number of esters is 2. The van der Waals surface area contributed by atoms with Crippen molar-refractivity contribution < 1.29 is 28.6 Å². The number of nitrogens with zero attached hydrogens (tertiary/aromatic N) is 3. The Morgan fingerprint density at radius 2 is 1.62 bits per heavy atom.